The minimum atomic E-state index is -4.14. The smallest absolute Gasteiger partial charge is 0.264 e. The van der Waals surface area contributed by atoms with Gasteiger partial charge >= 0.3 is 0 Å². The van der Waals surface area contributed by atoms with Crippen molar-refractivity contribution < 1.29 is 22.4 Å². The van der Waals surface area contributed by atoms with Crippen LogP contribution in [0, 0.1) is 12.7 Å². The van der Waals surface area contributed by atoms with Gasteiger partial charge in [-0.05, 0) is 73.7 Å². The first kappa shape index (κ1) is 30.8. The van der Waals surface area contributed by atoms with E-state index in [1.807, 2.05) is 32.9 Å². The second kappa shape index (κ2) is 13.6. The summed E-state index contributed by atoms with van der Waals surface area (Å²) in [7, 11) is -4.14. The van der Waals surface area contributed by atoms with E-state index in [4.69, 9.17) is 0 Å². The van der Waals surface area contributed by atoms with Gasteiger partial charge in [0, 0.05) is 13.1 Å². The van der Waals surface area contributed by atoms with Crippen LogP contribution in [0.15, 0.2) is 77.7 Å². The lowest BCUT2D eigenvalue weighted by Crippen LogP contribution is -2.52. The van der Waals surface area contributed by atoms with E-state index in [0.29, 0.717) is 24.2 Å². The first-order chi connectivity index (χ1) is 19.0. The molecule has 9 heteroatoms. The van der Waals surface area contributed by atoms with E-state index in [9.17, 15) is 22.4 Å². The Morgan fingerprint density at radius 2 is 1.50 bits per heavy atom. The molecule has 3 aromatic rings. The number of amides is 2. The molecule has 0 heterocycles. The Balaban J connectivity index is 2.06. The second-order valence-corrected chi connectivity index (χ2v) is 11.9. The maximum Gasteiger partial charge on any atom is 0.264 e. The van der Waals surface area contributed by atoms with Crippen LogP contribution in [-0.2, 0) is 26.2 Å². The number of sulfonamides is 1. The van der Waals surface area contributed by atoms with Crippen LogP contribution in [-0.4, -0.2) is 44.3 Å². The van der Waals surface area contributed by atoms with Crippen molar-refractivity contribution >= 4 is 27.5 Å². The van der Waals surface area contributed by atoms with E-state index in [0.717, 1.165) is 15.4 Å². The molecule has 3 rings (SSSR count). The fourth-order valence-electron chi connectivity index (χ4n) is 4.39. The van der Waals surface area contributed by atoms with Gasteiger partial charge in [-0.15, -0.1) is 0 Å². The zero-order valence-electron chi connectivity index (χ0n) is 23.7. The third-order valence-electron chi connectivity index (χ3n) is 6.74. The summed E-state index contributed by atoms with van der Waals surface area (Å²) in [5, 5.41) is 2.77. The summed E-state index contributed by atoms with van der Waals surface area (Å²) < 4.78 is 42.5. The highest BCUT2D eigenvalue weighted by Crippen LogP contribution is 2.27. The van der Waals surface area contributed by atoms with Crippen molar-refractivity contribution in [2.24, 2.45) is 0 Å². The number of nitrogens with one attached hydrogen (secondary N) is 1. The quantitative estimate of drug-likeness (QED) is 0.318. The maximum absolute atomic E-state index is 14.0. The van der Waals surface area contributed by atoms with Crippen LogP contribution in [0.1, 0.15) is 56.7 Å². The molecule has 0 fully saturated rings. The van der Waals surface area contributed by atoms with E-state index >= 15 is 0 Å². The molecular formula is C31H38FN3O4S. The van der Waals surface area contributed by atoms with E-state index in [-0.39, 0.29) is 23.3 Å². The summed E-state index contributed by atoms with van der Waals surface area (Å²) in [5.41, 5.74) is 2.89. The summed E-state index contributed by atoms with van der Waals surface area (Å²) in [5.74, 6) is -1.07. The molecule has 0 radical (unpaired) electrons. The Morgan fingerprint density at radius 3 is 2.02 bits per heavy atom. The Kier molecular flexibility index (Phi) is 10.5. The highest BCUT2D eigenvalue weighted by atomic mass is 32.2. The molecule has 1 atom stereocenters. The Bertz CT molecular complexity index is 1390. The highest BCUT2D eigenvalue weighted by Gasteiger charge is 2.33. The summed E-state index contributed by atoms with van der Waals surface area (Å²) in [4.78, 5) is 28.4. The lowest BCUT2D eigenvalue weighted by molar-refractivity contribution is -0.140. The van der Waals surface area contributed by atoms with Gasteiger partial charge in [-0.25, -0.2) is 12.8 Å². The van der Waals surface area contributed by atoms with E-state index in [2.05, 4.69) is 5.32 Å². The van der Waals surface area contributed by atoms with Crippen LogP contribution < -0.4 is 9.62 Å². The monoisotopic (exact) mass is 567 g/mol. The topological polar surface area (TPSA) is 86.8 Å². The molecule has 3 aromatic carbocycles. The van der Waals surface area contributed by atoms with Gasteiger partial charge in [-0.1, -0.05) is 62.7 Å². The van der Waals surface area contributed by atoms with Gasteiger partial charge < -0.3 is 10.2 Å². The number of aryl methyl sites for hydroxylation is 1. The lowest BCUT2D eigenvalue weighted by atomic mass is 10.0. The Morgan fingerprint density at radius 1 is 0.900 bits per heavy atom. The molecular weight excluding hydrogens is 529 g/mol. The molecule has 0 aliphatic heterocycles. The van der Waals surface area contributed by atoms with Crippen molar-refractivity contribution in [3.8, 4) is 0 Å². The normalized spacial score (nSPS) is 12.2. The van der Waals surface area contributed by atoms with Gasteiger partial charge in [-0.2, -0.15) is 0 Å². The number of hydrogen-bond acceptors (Lipinski definition) is 4. The lowest BCUT2D eigenvalue weighted by Gasteiger charge is -2.33. The van der Waals surface area contributed by atoms with E-state index < -0.39 is 34.3 Å². The molecule has 0 bridgehead atoms. The van der Waals surface area contributed by atoms with Gasteiger partial charge in [0.1, 0.15) is 18.4 Å². The minimum Gasteiger partial charge on any atom is -0.355 e. The standard InChI is InChI=1S/C31H38FN3O4S/c1-6-29(31(37)33-7-2)34(20-24-10-14-26(32)15-11-24)30(36)21-35(27-16-12-25(13-17-27)22(3)4)40(38,39)28-18-8-23(5)9-19-28/h8-19,22,29H,6-7,20-21H2,1-5H3,(H,33,37)/t29-/m1/s1. The first-order valence-corrected chi connectivity index (χ1v) is 14.9. The summed E-state index contributed by atoms with van der Waals surface area (Å²) in [6.45, 7) is 9.39. The fourth-order valence-corrected chi connectivity index (χ4v) is 5.80. The summed E-state index contributed by atoms with van der Waals surface area (Å²) in [6, 6.07) is 18.4. The van der Waals surface area contributed by atoms with Crippen molar-refractivity contribution in [1.29, 1.82) is 0 Å². The largest absolute Gasteiger partial charge is 0.355 e. The Labute approximate surface area is 237 Å². The molecule has 0 saturated carbocycles. The average Bonchev–Trinajstić information content (AvgIpc) is 2.93. The number of carbonyl (C=O) groups is 2. The van der Waals surface area contributed by atoms with Crippen molar-refractivity contribution in [3.63, 3.8) is 0 Å². The minimum absolute atomic E-state index is 0.0134. The highest BCUT2D eigenvalue weighted by molar-refractivity contribution is 7.92. The predicted octanol–water partition coefficient (Wildman–Crippen LogP) is 5.40. The molecule has 0 aliphatic rings. The van der Waals surface area contributed by atoms with Crippen LogP contribution in [0.4, 0.5) is 10.1 Å². The summed E-state index contributed by atoms with van der Waals surface area (Å²) >= 11 is 0. The number of halogens is 1. The SMILES string of the molecule is CCNC(=O)[C@@H](CC)N(Cc1ccc(F)cc1)C(=O)CN(c1ccc(C(C)C)cc1)S(=O)(=O)c1ccc(C)cc1. The number of rotatable bonds is 12. The number of likely N-dealkylation sites (N-methyl/N-ethyl adjacent to an activating group) is 1. The number of nitrogens with zero attached hydrogens (tertiary/aromatic N) is 2. The molecule has 2 amide bonds. The molecule has 214 valence electrons. The van der Waals surface area contributed by atoms with Gasteiger partial charge in [0.05, 0.1) is 10.6 Å². The molecule has 0 saturated heterocycles. The van der Waals surface area contributed by atoms with Crippen molar-refractivity contribution in [1.82, 2.24) is 10.2 Å². The third-order valence-corrected chi connectivity index (χ3v) is 8.53. The van der Waals surface area contributed by atoms with Crippen molar-refractivity contribution in [2.75, 3.05) is 17.4 Å². The van der Waals surface area contributed by atoms with Gasteiger partial charge in [0.15, 0.2) is 0 Å². The zero-order valence-corrected chi connectivity index (χ0v) is 24.5. The first-order valence-electron chi connectivity index (χ1n) is 13.5. The van der Waals surface area contributed by atoms with Crippen LogP contribution in [0.2, 0.25) is 0 Å². The second-order valence-electron chi connectivity index (χ2n) is 10.0. The predicted molar refractivity (Wildman–Crippen MR) is 156 cm³/mol. The third kappa shape index (κ3) is 7.47. The summed E-state index contributed by atoms with van der Waals surface area (Å²) in [6.07, 6.45) is 0.312. The number of benzene rings is 3. The molecule has 0 aromatic heterocycles. The van der Waals surface area contributed by atoms with E-state index in [1.54, 1.807) is 50.2 Å². The van der Waals surface area contributed by atoms with Crippen LogP contribution >= 0.6 is 0 Å². The maximum atomic E-state index is 14.0. The number of hydrogen-bond donors (Lipinski definition) is 1. The van der Waals surface area contributed by atoms with Crippen molar-refractivity contribution in [3.05, 3.63) is 95.3 Å². The van der Waals surface area contributed by atoms with Gasteiger partial charge in [0.25, 0.3) is 10.0 Å². The fraction of sp³-hybridized carbons (Fsp3) is 0.355. The van der Waals surface area contributed by atoms with Crippen molar-refractivity contribution in [2.45, 2.75) is 64.4 Å². The molecule has 0 spiro atoms. The van der Waals surface area contributed by atoms with Gasteiger partial charge in [-0.3, -0.25) is 13.9 Å². The van der Waals surface area contributed by atoms with Gasteiger partial charge in [0.2, 0.25) is 11.8 Å². The van der Waals surface area contributed by atoms with E-state index in [1.165, 1.54) is 29.2 Å². The zero-order chi connectivity index (χ0) is 29.4. The molecule has 7 nitrogen and oxygen atoms in total. The van der Waals surface area contributed by atoms with Crippen LogP contribution in [0.5, 0.6) is 0 Å². The molecule has 1 N–H and O–H groups in total. The average molecular weight is 568 g/mol. The van der Waals surface area contributed by atoms with Crippen LogP contribution in [0.3, 0.4) is 0 Å². The molecule has 0 unspecified atom stereocenters. The number of anilines is 1. The number of carbonyl (C=O) groups excluding carboxylic acids is 2. The molecule has 40 heavy (non-hydrogen) atoms. The van der Waals surface area contributed by atoms with Crippen LogP contribution in [0.25, 0.3) is 0 Å². The molecule has 0 aliphatic carbocycles. The Hall–Kier alpha value is -3.72.